The minimum absolute atomic E-state index is 1.15. The van der Waals surface area contributed by atoms with Crippen LogP contribution in [0.25, 0.3) is 5.52 Å². The summed E-state index contributed by atoms with van der Waals surface area (Å²) in [6.07, 6.45) is 5.61. The Morgan fingerprint density at radius 1 is 1.25 bits per heavy atom. The molecule has 0 N–H and O–H groups in total. The van der Waals surface area contributed by atoms with Gasteiger partial charge in [0.2, 0.25) is 0 Å². The highest BCUT2D eigenvalue weighted by Gasteiger charge is 1.92. The van der Waals surface area contributed by atoms with E-state index in [-0.39, 0.29) is 0 Å². The van der Waals surface area contributed by atoms with Crippen molar-refractivity contribution < 1.29 is 0 Å². The molecule has 2 heterocycles. The van der Waals surface area contributed by atoms with Crippen molar-refractivity contribution in [1.82, 2.24) is 9.38 Å². The minimum atomic E-state index is 1.15. The predicted molar refractivity (Wildman–Crippen MR) is 51.3 cm³/mol. The summed E-state index contributed by atoms with van der Waals surface area (Å²) in [5.41, 5.74) is 2.40. The van der Waals surface area contributed by atoms with Crippen LogP contribution in [0.4, 0.5) is 0 Å². The first-order valence-electron chi connectivity index (χ1n) is 4.25. The van der Waals surface area contributed by atoms with Crippen molar-refractivity contribution in [3.63, 3.8) is 0 Å². The third-order valence-corrected chi connectivity index (χ3v) is 1.66. The third-order valence-electron chi connectivity index (χ3n) is 1.66. The zero-order valence-corrected chi connectivity index (χ0v) is 7.78. The van der Waals surface area contributed by atoms with Crippen molar-refractivity contribution in [1.29, 1.82) is 0 Å². The average Bonchev–Trinajstić information content (AvgIpc) is 2.53. The molecule has 0 spiro atoms. The molecule has 12 heavy (non-hydrogen) atoms. The Balaban J connectivity index is 0.000000336. The van der Waals surface area contributed by atoms with Crippen molar-refractivity contribution in [3.8, 4) is 0 Å². The van der Waals surface area contributed by atoms with Gasteiger partial charge in [0.25, 0.3) is 0 Å². The molecule has 0 unspecified atom stereocenters. The molecular weight excluding hydrogens is 148 g/mol. The highest BCUT2D eigenvalue weighted by molar-refractivity contribution is 5.46. The molecule has 0 aliphatic carbocycles. The smallest absolute Gasteiger partial charge is 0.0636 e. The molecule has 2 nitrogen and oxygen atoms in total. The van der Waals surface area contributed by atoms with Crippen molar-refractivity contribution >= 4 is 5.52 Å². The lowest BCUT2D eigenvalue weighted by atomic mass is 10.5. The number of hydrogen-bond donors (Lipinski definition) is 0. The van der Waals surface area contributed by atoms with Crippen LogP contribution in [0.1, 0.15) is 19.5 Å². The van der Waals surface area contributed by atoms with E-state index in [2.05, 4.69) is 28.4 Å². The highest BCUT2D eigenvalue weighted by atomic mass is 14.9. The molecule has 0 amide bonds. The summed E-state index contributed by atoms with van der Waals surface area (Å²) >= 11 is 0. The standard InChI is InChI=1S/C8H8N2.C2H6/c1-7-2-3-8-6-9-4-5-10(7)8;1-2/h2-6H,1H3;1-2H3. The molecule has 0 atom stereocenters. The predicted octanol–water partition coefficient (Wildman–Crippen LogP) is 2.67. The summed E-state index contributed by atoms with van der Waals surface area (Å²) in [7, 11) is 0. The number of aromatic nitrogens is 2. The van der Waals surface area contributed by atoms with E-state index >= 15 is 0 Å². The van der Waals surface area contributed by atoms with Crippen molar-refractivity contribution in [2.75, 3.05) is 0 Å². The fraction of sp³-hybridized carbons (Fsp3) is 0.300. The second-order valence-electron chi connectivity index (χ2n) is 2.35. The van der Waals surface area contributed by atoms with Crippen molar-refractivity contribution in [2.24, 2.45) is 0 Å². The highest BCUT2D eigenvalue weighted by Crippen LogP contribution is 2.05. The Hall–Kier alpha value is -1.31. The molecule has 0 saturated carbocycles. The first-order chi connectivity index (χ1) is 5.88. The van der Waals surface area contributed by atoms with E-state index in [1.807, 2.05) is 26.2 Å². The first-order valence-corrected chi connectivity index (χ1v) is 4.25. The average molecular weight is 162 g/mol. The zero-order valence-electron chi connectivity index (χ0n) is 7.78. The van der Waals surface area contributed by atoms with E-state index in [4.69, 9.17) is 0 Å². The van der Waals surface area contributed by atoms with Gasteiger partial charge in [0.1, 0.15) is 0 Å². The number of rotatable bonds is 0. The molecule has 2 rings (SSSR count). The van der Waals surface area contributed by atoms with E-state index in [0.717, 1.165) is 5.52 Å². The van der Waals surface area contributed by atoms with Gasteiger partial charge in [-0.1, -0.05) is 13.8 Å². The summed E-state index contributed by atoms with van der Waals surface area (Å²) in [6.45, 7) is 6.08. The molecule has 2 aromatic heterocycles. The zero-order chi connectivity index (χ0) is 8.97. The molecule has 0 aliphatic heterocycles. The van der Waals surface area contributed by atoms with Crippen LogP contribution in [0.5, 0.6) is 0 Å². The van der Waals surface area contributed by atoms with Crippen LogP contribution in [0, 0.1) is 6.92 Å². The van der Waals surface area contributed by atoms with Gasteiger partial charge in [0, 0.05) is 18.1 Å². The van der Waals surface area contributed by atoms with Crippen LogP contribution in [0.3, 0.4) is 0 Å². The van der Waals surface area contributed by atoms with Gasteiger partial charge in [-0.05, 0) is 19.1 Å². The van der Waals surface area contributed by atoms with Crippen molar-refractivity contribution in [2.45, 2.75) is 20.8 Å². The van der Waals surface area contributed by atoms with Gasteiger partial charge < -0.3 is 4.40 Å². The summed E-state index contributed by atoms with van der Waals surface area (Å²) in [5.74, 6) is 0. The molecule has 0 saturated heterocycles. The Labute approximate surface area is 72.9 Å². The van der Waals surface area contributed by atoms with Crippen LogP contribution in [0.15, 0.2) is 30.7 Å². The molecule has 0 radical (unpaired) electrons. The van der Waals surface area contributed by atoms with E-state index in [1.165, 1.54) is 5.69 Å². The van der Waals surface area contributed by atoms with Gasteiger partial charge in [0.05, 0.1) is 11.7 Å². The van der Waals surface area contributed by atoms with Gasteiger partial charge in [-0.3, -0.25) is 4.98 Å². The van der Waals surface area contributed by atoms with Gasteiger partial charge in [0.15, 0.2) is 0 Å². The number of hydrogen-bond acceptors (Lipinski definition) is 1. The molecule has 2 heteroatoms. The van der Waals surface area contributed by atoms with Crippen LogP contribution < -0.4 is 0 Å². The lowest BCUT2D eigenvalue weighted by Gasteiger charge is -1.93. The SMILES string of the molecule is CC.Cc1ccc2cnccn12. The van der Waals surface area contributed by atoms with Crippen LogP contribution in [-0.4, -0.2) is 9.38 Å². The Morgan fingerprint density at radius 3 is 2.67 bits per heavy atom. The minimum Gasteiger partial charge on any atom is -0.318 e. The molecule has 0 bridgehead atoms. The fourth-order valence-corrected chi connectivity index (χ4v) is 1.10. The lowest BCUT2D eigenvalue weighted by molar-refractivity contribution is 1.08. The van der Waals surface area contributed by atoms with Gasteiger partial charge in [-0.2, -0.15) is 0 Å². The van der Waals surface area contributed by atoms with E-state index < -0.39 is 0 Å². The van der Waals surface area contributed by atoms with Gasteiger partial charge in [-0.15, -0.1) is 0 Å². The van der Waals surface area contributed by atoms with E-state index in [1.54, 1.807) is 6.20 Å². The lowest BCUT2D eigenvalue weighted by Crippen LogP contribution is -1.84. The maximum absolute atomic E-state index is 4.01. The topological polar surface area (TPSA) is 17.3 Å². The van der Waals surface area contributed by atoms with Gasteiger partial charge in [-0.25, -0.2) is 0 Å². The molecule has 0 fully saturated rings. The molecule has 64 valence electrons. The summed E-state index contributed by atoms with van der Waals surface area (Å²) < 4.78 is 2.10. The Morgan fingerprint density at radius 2 is 2.00 bits per heavy atom. The summed E-state index contributed by atoms with van der Waals surface area (Å²) in [5, 5.41) is 0. The largest absolute Gasteiger partial charge is 0.318 e. The van der Waals surface area contributed by atoms with E-state index in [9.17, 15) is 0 Å². The van der Waals surface area contributed by atoms with Gasteiger partial charge >= 0.3 is 0 Å². The number of nitrogens with zero attached hydrogens (tertiary/aromatic N) is 2. The number of aryl methyl sites for hydroxylation is 1. The first kappa shape index (κ1) is 8.78. The van der Waals surface area contributed by atoms with E-state index in [0.29, 0.717) is 0 Å². The molecule has 2 aromatic rings. The van der Waals surface area contributed by atoms with Crippen LogP contribution >= 0.6 is 0 Å². The normalized spacial score (nSPS) is 9.25. The monoisotopic (exact) mass is 162 g/mol. The third kappa shape index (κ3) is 1.47. The second-order valence-corrected chi connectivity index (χ2v) is 2.35. The Bertz CT molecular complexity index is 349. The second kappa shape index (κ2) is 3.90. The molecule has 0 aliphatic rings. The molecular formula is C10H14N2. The van der Waals surface area contributed by atoms with Crippen LogP contribution in [-0.2, 0) is 0 Å². The quantitative estimate of drug-likeness (QED) is 0.582. The van der Waals surface area contributed by atoms with Crippen LogP contribution in [0.2, 0.25) is 0 Å². The van der Waals surface area contributed by atoms with Crippen molar-refractivity contribution in [3.05, 3.63) is 36.4 Å². The fourth-order valence-electron chi connectivity index (χ4n) is 1.10. The summed E-state index contributed by atoms with van der Waals surface area (Å²) in [6, 6.07) is 4.14. The molecule has 0 aromatic carbocycles. The maximum atomic E-state index is 4.01. The maximum Gasteiger partial charge on any atom is 0.0636 e. The number of fused-ring (bicyclic) bond motifs is 1. The Kier molecular flexibility index (Phi) is 2.86. The summed E-state index contributed by atoms with van der Waals surface area (Å²) in [4.78, 5) is 4.01.